The molecule has 0 aliphatic heterocycles. The number of benzene rings is 2. The first-order valence-corrected chi connectivity index (χ1v) is 9.10. The molecule has 0 aliphatic carbocycles. The number of hydrogen-bond donors (Lipinski definition) is 0. The Morgan fingerprint density at radius 1 is 1.03 bits per heavy atom. The highest BCUT2D eigenvalue weighted by Gasteiger charge is 2.31. The number of aromatic nitrogens is 3. The van der Waals surface area contributed by atoms with Gasteiger partial charge in [-0.1, -0.05) is 19.1 Å². The van der Waals surface area contributed by atoms with Gasteiger partial charge in [0.2, 0.25) is 0 Å². The van der Waals surface area contributed by atoms with Crippen LogP contribution in [-0.2, 0) is 13.0 Å². The lowest BCUT2D eigenvalue weighted by molar-refractivity contribution is -0.274. The topological polar surface area (TPSA) is 70.3 Å². The van der Waals surface area contributed by atoms with Crippen LogP contribution in [0.2, 0.25) is 0 Å². The van der Waals surface area contributed by atoms with Crippen LogP contribution in [0.25, 0.3) is 22.1 Å². The van der Waals surface area contributed by atoms with Crippen molar-refractivity contribution < 1.29 is 27.2 Å². The second-order valence-electron chi connectivity index (χ2n) is 6.37. The van der Waals surface area contributed by atoms with Crippen molar-refractivity contribution in [1.29, 1.82) is 0 Å². The smallest absolute Gasteiger partial charge is 0.467 e. The van der Waals surface area contributed by atoms with Gasteiger partial charge in [-0.15, -0.1) is 13.2 Å². The van der Waals surface area contributed by atoms with Crippen LogP contribution in [0.15, 0.2) is 59.4 Å². The molecule has 0 fully saturated rings. The molecular weight excluding hydrogens is 399 g/mol. The van der Waals surface area contributed by atoms with Gasteiger partial charge in [0.05, 0.1) is 5.39 Å². The zero-order valence-electron chi connectivity index (χ0n) is 15.8. The lowest BCUT2D eigenvalue weighted by atomic mass is 9.96. The maximum absolute atomic E-state index is 12.4. The van der Waals surface area contributed by atoms with Gasteiger partial charge in [-0.3, -0.25) is 0 Å². The summed E-state index contributed by atoms with van der Waals surface area (Å²) in [5.41, 5.74) is 3.09. The van der Waals surface area contributed by atoms with Gasteiger partial charge in [0.15, 0.2) is 11.4 Å². The quantitative estimate of drug-likeness (QED) is 0.424. The first kappa shape index (κ1) is 19.7. The van der Waals surface area contributed by atoms with Crippen molar-refractivity contribution in [1.82, 2.24) is 15.1 Å². The summed E-state index contributed by atoms with van der Waals surface area (Å²) in [5.74, 6) is 0.514. The van der Waals surface area contributed by atoms with Gasteiger partial charge >= 0.3 is 6.36 Å². The van der Waals surface area contributed by atoms with E-state index in [2.05, 4.69) is 19.9 Å². The molecular formula is C21H16F3N3O3. The Labute approximate surface area is 169 Å². The molecule has 0 spiro atoms. The minimum Gasteiger partial charge on any atom is -0.467 e. The van der Waals surface area contributed by atoms with Gasteiger partial charge in [0.25, 0.3) is 5.88 Å². The molecule has 0 aliphatic rings. The molecule has 4 rings (SSSR count). The molecule has 0 amide bonds. The maximum atomic E-state index is 12.4. The van der Waals surface area contributed by atoms with E-state index in [1.165, 1.54) is 12.1 Å². The number of rotatable bonds is 6. The molecule has 0 N–H and O–H groups in total. The molecule has 4 aromatic rings. The number of hydrogen-bond acceptors (Lipinski definition) is 6. The minimum atomic E-state index is -4.73. The van der Waals surface area contributed by atoms with E-state index in [4.69, 9.17) is 9.26 Å². The van der Waals surface area contributed by atoms with E-state index in [9.17, 15) is 13.2 Å². The van der Waals surface area contributed by atoms with Crippen molar-refractivity contribution in [2.45, 2.75) is 26.3 Å². The second-order valence-corrected chi connectivity index (χ2v) is 6.37. The summed E-state index contributed by atoms with van der Waals surface area (Å²) in [5, 5.41) is 4.62. The Balaban J connectivity index is 1.65. The molecule has 0 bridgehead atoms. The fourth-order valence-corrected chi connectivity index (χ4v) is 3.04. The van der Waals surface area contributed by atoms with E-state index in [0.29, 0.717) is 29.1 Å². The van der Waals surface area contributed by atoms with Crippen molar-refractivity contribution in [3.63, 3.8) is 0 Å². The van der Waals surface area contributed by atoms with Gasteiger partial charge < -0.3 is 14.0 Å². The summed E-state index contributed by atoms with van der Waals surface area (Å²) in [6, 6.07) is 11.1. The zero-order valence-corrected chi connectivity index (χ0v) is 15.8. The minimum absolute atomic E-state index is 0.122. The van der Waals surface area contributed by atoms with Crippen molar-refractivity contribution >= 4 is 11.0 Å². The zero-order chi connectivity index (χ0) is 21.1. The Morgan fingerprint density at radius 2 is 1.77 bits per heavy atom. The average Bonchev–Trinajstić information content (AvgIpc) is 3.13. The molecule has 0 atom stereocenters. The number of ether oxygens (including phenoxy) is 2. The lowest BCUT2D eigenvalue weighted by Crippen LogP contribution is -2.16. The summed E-state index contributed by atoms with van der Waals surface area (Å²) in [6.07, 6.45) is -0.804. The first-order valence-electron chi connectivity index (χ1n) is 9.10. The van der Waals surface area contributed by atoms with Gasteiger partial charge in [-0.2, -0.15) is 0 Å². The van der Waals surface area contributed by atoms with Crippen LogP contribution in [0, 0.1) is 0 Å². The predicted molar refractivity (Wildman–Crippen MR) is 102 cm³/mol. The van der Waals surface area contributed by atoms with Crippen LogP contribution in [0.1, 0.15) is 18.3 Å². The third-order valence-corrected chi connectivity index (χ3v) is 4.40. The first-order chi connectivity index (χ1) is 14.4. The summed E-state index contributed by atoms with van der Waals surface area (Å²) in [6.45, 7) is 2.10. The Kier molecular flexibility index (Phi) is 5.26. The summed E-state index contributed by atoms with van der Waals surface area (Å²) in [4.78, 5) is 8.20. The largest absolute Gasteiger partial charge is 0.573 e. The Morgan fingerprint density at radius 3 is 2.43 bits per heavy atom. The highest BCUT2D eigenvalue weighted by Crippen LogP contribution is 2.35. The average molecular weight is 415 g/mol. The number of alkyl halides is 3. The van der Waals surface area contributed by atoms with E-state index in [1.807, 2.05) is 19.1 Å². The fraction of sp³-hybridized carbons (Fsp3) is 0.190. The molecule has 154 valence electrons. The molecule has 30 heavy (non-hydrogen) atoms. The highest BCUT2D eigenvalue weighted by atomic mass is 19.4. The molecule has 2 aromatic heterocycles. The third kappa shape index (κ3) is 4.35. The predicted octanol–water partition coefficient (Wildman–Crippen LogP) is 5.32. The molecule has 0 radical (unpaired) electrons. The lowest BCUT2D eigenvalue weighted by Gasteiger charge is -2.11. The van der Waals surface area contributed by atoms with Crippen LogP contribution in [-0.4, -0.2) is 21.5 Å². The van der Waals surface area contributed by atoms with Crippen LogP contribution >= 0.6 is 0 Å². The highest BCUT2D eigenvalue weighted by molar-refractivity contribution is 5.89. The van der Waals surface area contributed by atoms with Crippen LogP contribution in [0.3, 0.4) is 0 Å². The van der Waals surface area contributed by atoms with E-state index < -0.39 is 6.36 Å². The van der Waals surface area contributed by atoms with Crippen LogP contribution < -0.4 is 9.47 Å². The van der Waals surface area contributed by atoms with Crippen LogP contribution in [0.5, 0.6) is 11.6 Å². The normalized spacial score (nSPS) is 11.6. The second kappa shape index (κ2) is 8.02. The van der Waals surface area contributed by atoms with Crippen LogP contribution in [0.4, 0.5) is 13.2 Å². The van der Waals surface area contributed by atoms with Gasteiger partial charge in [-0.05, 0) is 58.6 Å². The molecule has 2 aromatic carbocycles. The van der Waals surface area contributed by atoms with Crippen molar-refractivity contribution in [3.05, 3.63) is 66.2 Å². The monoisotopic (exact) mass is 415 g/mol. The van der Waals surface area contributed by atoms with Crippen molar-refractivity contribution in [2.75, 3.05) is 0 Å². The van der Waals surface area contributed by atoms with E-state index in [0.717, 1.165) is 16.7 Å². The third-order valence-electron chi connectivity index (χ3n) is 4.40. The molecule has 9 heteroatoms. The van der Waals surface area contributed by atoms with E-state index in [-0.39, 0.29) is 12.4 Å². The molecule has 0 unspecified atom stereocenters. The standard InChI is InChI=1S/C21H16F3N3O3/c1-2-13-10-18-17(20(27-30-18)28-12-19-25-8-3-9-26-19)11-16(13)14-4-6-15(7-5-14)29-21(22,23)24/h3-11H,2,12H2,1H3. The van der Waals surface area contributed by atoms with E-state index in [1.54, 1.807) is 30.6 Å². The number of halogens is 3. The molecule has 0 saturated carbocycles. The number of nitrogens with zero attached hydrogens (tertiary/aromatic N) is 3. The number of aryl methyl sites for hydroxylation is 1. The van der Waals surface area contributed by atoms with Gasteiger partial charge in [0, 0.05) is 12.4 Å². The van der Waals surface area contributed by atoms with Crippen molar-refractivity contribution in [2.24, 2.45) is 0 Å². The summed E-state index contributed by atoms with van der Waals surface area (Å²) in [7, 11) is 0. The van der Waals surface area contributed by atoms with E-state index >= 15 is 0 Å². The molecule has 6 nitrogen and oxygen atoms in total. The maximum Gasteiger partial charge on any atom is 0.573 e. The van der Waals surface area contributed by atoms with Crippen molar-refractivity contribution in [3.8, 4) is 22.8 Å². The molecule has 2 heterocycles. The van der Waals surface area contributed by atoms with Gasteiger partial charge in [0.1, 0.15) is 12.4 Å². The number of fused-ring (bicyclic) bond motifs is 1. The summed E-state index contributed by atoms with van der Waals surface area (Å²) >= 11 is 0. The fourth-order valence-electron chi connectivity index (χ4n) is 3.04. The Bertz CT molecular complexity index is 1140. The van der Waals surface area contributed by atoms with Gasteiger partial charge in [-0.25, -0.2) is 9.97 Å². The summed E-state index contributed by atoms with van der Waals surface area (Å²) < 4.78 is 52.2. The Hall–Kier alpha value is -3.62. The molecule has 0 saturated heterocycles. The SMILES string of the molecule is CCc1cc2onc(OCc3ncccn3)c2cc1-c1ccc(OC(F)(F)F)cc1.